The number of amides is 4. The number of hydrogen-bond acceptors (Lipinski definition) is 8. The van der Waals surface area contributed by atoms with Crippen LogP contribution in [0, 0.1) is 19.8 Å². The zero-order valence-corrected chi connectivity index (χ0v) is 26.6. The van der Waals surface area contributed by atoms with Crippen molar-refractivity contribution in [3.05, 3.63) is 28.8 Å². The van der Waals surface area contributed by atoms with Crippen molar-refractivity contribution in [2.75, 3.05) is 20.2 Å². The van der Waals surface area contributed by atoms with Gasteiger partial charge in [0.2, 0.25) is 23.6 Å². The average molecular weight is 618 g/mol. The standard InChI is InChI=1S/C32H51N5O7/c1-20-15-24(38)16-21(2)25(20)18-26(33)31(42)36-22(3)30(41)35-19-28(39)37-27(17-23-11-7-5-8-12-23)32(43)34-14-10-6-9-13-29(40)44-4/h15-16,22-23,26-27,38H,5-14,17-19,33H2,1-4H3,(H,34,43)(H,35,41)(H,36,42)(H,37,39)/t22-,26-,27+/m1/s1. The molecule has 0 radical (unpaired) electrons. The maximum Gasteiger partial charge on any atom is 0.305 e. The van der Waals surface area contributed by atoms with Gasteiger partial charge in [0.25, 0.3) is 0 Å². The molecule has 44 heavy (non-hydrogen) atoms. The van der Waals surface area contributed by atoms with E-state index in [0.29, 0.717) is 38.1 Å². The summed E-state index contributed by atoms with van der Waals surface area (Å²) in [5.74, 6) is -1.62. The number of hydrogen-bond donors (Lipinski definition) is 6. The van der Waals surface area contributed by atoms with Gasteiger partial charge in [-0.2, -0.15) is 0 Å². The number of rotatable bonds is 17. The highest BCUT2D eigenvalue weighted by Crippen LogP contribution is 2.27. The van der Waals surface area contributed by atoms with E-state index >= 15 is 0 Å². The smallest absolute Gasteiger partial charge is 0.305 e. The summed E-state index contributed by atoms with van der Waals surface area (Å²) in [5, 5.41) is 20.5. The molecule has 0 aliphatic heterocycles. The van der Waals surface area contributed by atoms with Gasteiger partial charge in [0.15, 0.2) is 0 Å². The molecule has 0 unspecified atom stereocenters. The largest absolute Gasteiger partial charge is 0.508 e. The molecule has 2 rings (SSSR count). The van der Waals surface area contributed by atoms with Crippen molar-refractivity contribution < 1.29 is 33.8 Å². The molecule has 0 bridgehead atoms. The van der Waals surface area contributed by atoms with E-state index in [9.17, 15) is 29.1 Å². The Morgan fingerprint density at radius 1 is 0.932 bits per heavy atom. The Kier molecular flexibility index (Phi) is 15.7. The van der Waals surface area contributed by atoms with Crippen LogP contribution < -0.4 is 27.0 Å². The highest BCUT2D eigenvalue weighted by Gasteiger charge is 2.27. The summed E-state index contributed by atoms with van der Waals surface area (Å²) in [6.07, 6.45) is 8.63. The van der Waals surface area contributed by atoms with E-state index in [1.165, 1.54) is 20.5 Å². The summed E-state index contributed by atoms with van der Waals surface area (Å²) >= 11 is 0. The van der Waals surface area contributed by atoms with Gasteiger partial charge in [-0.15, -0.1) is 0 Å². The van der Waals surface area contributed by atoms with Crippen molar-refractivity contribution in [3.63, 3.8) is 0 Å². The molecule has 1 fully saturated rings. The van der Waals surface area contributed by atoms with Gasteiger partial charge in [0, 0.05) is 13.0 Å². The number of nitrogens with one attached hydrogen (secondary N) is 4. The third kappa shape index (κ3) is 12.9. The molecule has 3 atom stereocenters. The zero-order valence-electron chi connectivity index (χ0n) is 26.6. The van der Waals surface area contributed by atoms with Crippen molar-refractivity contribution in [1.82, 2.24) is 21.3 Å². The van der Waals surface area contributed by atoms with E-state index in [1.54, 1.807) is 12.1 Å². The first kappa shape index (κ1) is 36.5. The molecule has 4 amide bonds. The second-order valence-corrected chi connectivity index (χ2v) is 11.9. The van der Waals surface area contributed by atoms with Crippen molar-refractivity contribution in [1.29, 1.82) is 0 Å². The van der Waals surface area contributed by atoms with Crippen molar-refractivity contribution in [3.8, 4) is 5.75 Å². The SMILES string of the molecule is COC(=O)CCCCCNC(=O)[C@H](CC1CCCCC1)NC(=O)CNC(=O)[C@@H](C)NC(=O)[C@H](N)Cc1c(C)cc(O)cc1C. The number of phenolic OH excluding ortho intramolecular Hbond substituents is 1. The van der Waals surface area contributed by atoms with Gasteiger partial charge in [0.05, 0.1) is 19.7 Å². The summed E-state index contributed by atoms with van der Waals surface area (Å²) in [7, 11) is 1.35. The van der Waals surface area contributed by atoms with Crippen LogP contribution in [0.5, 0.6) is 5.75 Å². The Hall–Kier alpha value is -3.67. The third-order valence-corrected chi connectivity index (χ3v) is 8.15. The maximum atomic E-state index is 13.0. The van der Waals surface area contributed by atoms with E-state index in [-0.39, 0.29) is 30.6 Å². The van der Waals surface area contributed by atoms with Crippen LogP contribution in [0.15, 0.2) is 12.1 Å². The number of phenols is 1. The Balaban J connectivity index is 1.83. The molecule has 0 spiro atoms. The Bertz CT molecular complexity index is 1110. The van der Waals surface area contributed by atoms with Crippen LogP contribution >= 0.6 is 0 Å². The predicted molar refractivity (Wildman–Crippen MR) is 166 cm³/mol. The number of aryl methyl sites for hydroxylation is 2. The maximum absolute atomic E-state index is 13.0. The molecule has 7 N–H and O–H groups in total. The lowest BCUT2D eigenvalue weighted by Gasteiger charge is -2.27. The number of nitrogens with two attached hydrogens (primary N) is 1. The molecule has 1 aromatic carbocycles. The van der Waals surface area contributed by atoms with Crippen LogP contribution in [0.3, 0.4) is 0 Å². The number of benzene rings is 1. The topological polar surface area (TPSA) is 189 Å². The summed E-state index contributed by atoms with van der Waals surface area (Å²) in [6, 6.07) is 0.631. The van der Waals surface area contributed by atoms with E-state index in [1.807, 2.05) is 13.8 Å². The highest BCUT2D eigenvalue weighted by atomic mass is 16.5. The first-order valence-corrected chi connectivity index (χ1v) is 15.7. The molecule has 1 aliphatic rings. The number of methoxy groups -OCH3 is 1. The minimum absolute atomic E-state index is 0.140. The van der Waals surface area contributed by atoms with Gasteiger partial charge >= 0.3 is 5.97 Å². The zero-order chi connectivity index (χ0) is 32.6. The fraction of sp³-hybridized carbons (Fsp3) is 0.656. The average Bonchev–Trinajstić information content (AvgIpc) is 2.99. The van der Waals surface area contributed by atoms with Gasteiger partial charge in [-0.1, -0.05) is 38.5 Å². The fourth-order valence-corrected chi connectivity index (χ4v) is 5.55. The number of unbranched alkanes of at least 4 members (excludes halogenated alkanes) is 2. The van der Waals surface area contributed by atoms with Gasteiger partial charge in [-0.25, -0.2) is 0 Å². The molecular formula is C32H51N5O7. The Labute approximate surface area is 260 Å². The second-order valence-electron chi connectivity index (χ2n) is 11.9. The minimum Gasteiger partial charge on any atom is -0.508 e. The van der Waals surface area contributed by atoms with Crippen LogP contribution in [-0.4, -0.2) is 73.0 Å². The van der Waals surface area contributed by atoms with Crippen molar-refractivity contribution >= 4 is 29.6 Å². The molecule has 12 heteroatoms. The number of carbonyl (C=O) groups excluding carboxylic acids is 5. The molecule has 0 saturated heterocycles. The van der Waals surface area contributed by atoms with E-state index in [4.69, 9.17) is 5.73 Å². The van der Waals surface area contributed by atoms with Crippen LogP contribution in [0.25, 0.3) is 0 Å². The molecule has 246 valence electrons. The summed E-state index contributed by atoms with van der Waals surface area (Å²) in [4.78, 5) is 62.4. The van der Waals surface area contributed by atoms with Gasteiger partial charge in [0.1, 0.15) is 17.8 Å². The number of carbonyl (C=O) groups is 5. The number of esters is 1. The van der Waals surface area contributed by atoms with Gasteiger partial charge < -0.3 is 36.8 Å². The molecule has 1 saturated carbocycles. The van der Waals surface area contributed by atoms with E-state index in [0.717, 1.165) is 48.8 Å². The lowest BCUT2D eigenvalue weighted by Crippen LogP contribution is -2.53. The fourth-order valence-electron chi connectivity index (χ4n) is 5.55. The first-order chi connectivity index (χ1) is 20.9. The quantitative estimate of drug-likeness (QED) is 0.113. The summed E-state index contributed by atoms with van der Waals surface area (Å²) < 4.78 is 4.63. The van der Waals surface area contributed by atoms with E-state index < -0.39 is 35.8 Å². The van der Waals surface area contributed by atoms with Crippen LogP contribution in [0.4, 0.5) is 0 Å². The van der Waals surface area contributed by atoms with Crippen molar-refractivity contribution in [2.24, 2.45) is 11.7 Å². The monoisotopic (exact) mass is 617 g/mol. The van der Waals surface area contributed by atoms with Crippen LogP contribution in [-0.2, 0) is 35.1 Å². The van der Waals surface area contributed by atoms with Crippen LogP contribution in [0.1, 0.15) is 87.8 Å². The molecule has 1 aromatic rings. The lowest BCUT2D eigenvalue weighted by atomic mass is 9.84. The van der Waals surface area contributed by atoms with E-state index in [2.05, 4.69) is 26.0 Å². The van der Waals surface area contributed by atoms with Crippen LogP contribution in [0.2, 0.25) is 0 Å². The predicted octanol–water partition coefficient (Wildman–Crippen LogP) is 1.80. The number of ether oxygens (including phenoxy) is 1. The lowest BCUT2D eigenvalue weighted by molar-refractivity contribution is -0.140. The first-order valence-electron chi connectivity index (χ1n) is 15.7. The Morgan fingerprint density at radius 2 is 1.59 bits per heavy atom. The minimum atomic E-state index is -0.941. The third-order valence-electron chi connectivity index (χ3n) is 8.15. The molecule has 0 aromatic heterocycles. The molecular weight excluding hydrogens is 566 g/mol. The van der Waals surface area contributed by atoms with Gasteiger partial charge in [-0.3, -0.25) is 24.0 Å². The molecule has 12 nitrogen and oxygen atoms in total. The second kappa shape index (κ2) is 18.9. The molecule has 1 aliphatic carbocycles. The summed E-state index contributed by atoms with van der Waals surface area (Å²) in [6.45, 7) is 5.23. The highest BCUT2D eigenvalue weighted by molar-refractivity contribution is 5.93. The molecule has 0 heterocycles. The van der Waals surface area contributed by atoms with Crippen molar-refractivity contribution in [2.45, 2.75) is 110 Å². The normalized spacial score (nSPS) is 15.4. The number of aromatic hydroxyl groups is 1. The Morgan fingerprint density at radius 3 is 2.23 bits per heavy atom. The summed E-state index contributed by atoms with van der Waals surface area (Å²) in [5.41, 5.74) is 8.58. The van der Waals surface area contributed by atoms with Gasteiger partial charge in [-0.05, 0) is 81.2 Å².